The second-order valence-corrected chi connectivity index (χ2v) is 4.30. The molecule has 0 spiro atoms. The van der Waals surface area contributed by atoms with Gasteiger partial charge in [0.1, 0.15) is 5.76 Å². The third-order valence-electron chi connectivity index (χ3n) is 2.28. The zero-order valence-corrected chi connectivity index (χ0v) is 9.55. The molecule has 1 atom stereocenters. The molecule has 1 heterocycles. The fraction of sp³-hybridized carbons (Fsp3) is 0.273. The summed E-state index contributed by atoms with van der Waals surface area (Å²) in [5, 5.41) is 1.18. The highest BCUT2D eigenvalue weighted by Crippen LogP contribution is 2.28. The number of nitrogens with two attached hydrogens (primary N) is 1. The van der Waals surface area contributed by atoms with Crippen LogP contribution in [-0.2, 0) is 4.74 Å². The van der Waals surface area contributed by atoms with Crippen molar-refractivity contribution in [3.8, 4) is 0 Å². The average molecular weight is 244 g/mol. The monoisotopic (exact) mass is 243 g/mol. The topological polar surface area (TPSA) is 35.2 Å². The highest BCUT2D eigenvalue weighted by Gasteiger charge is 2.17. The van der Waals surface area contributed by atoms with Crippen LogP contribution in [0.5, 0.6) is 0 Å². The fourth-order valence-electron chi connectivity index (χ4n) is 1.57. The van der Waals surface area contributed by atoms with Crippen molar-refractivity contribution >= 4 is 23.2 Å². The van der Waals surface area contributed by atoms with Crippen molar-refractivity contribution in [3.05, 3.63) is 45.6 Å². The summed E-state index contributed by atoms with van der Waals surface area (Å²) < 4.78 is 5.40. The van der Waals surface area contributed by atoms with E-state index in [4.69, 9.17) is 33.7 Å². The molecule has 80 valence electrons. The molecule has 1 aromatic carbocycles. The summed E-state index contributed by atoms with van der Waals surface area (Å²) in [6.07, 6.45) is 2.91. The predicted octanol–water partition coefficient (Wildman–Crippen LogP) is 3.30. The van der Waals surface area contributed by atoms with Crippen LogP contribution in [0.4, 0.5) is 0 Å². The maximum absolute atomic E-state index is 6.03. The Morgan fingerprint density at radius 2 is 1.87 bits per heavy atom. The van der Waals surface area contributed by atoms with Crippen molar-refractivity contribution in [1.82, 2.24) is 0 Å². The summed E-state index contributed by atoms with van der Waals surface area (Å²) in [4.78, 5) is 0. The quantitative estimate of drug-likeness (QED) is 0.866. The van der Waals surface area contributed by atoms with E-state index in [2.05, 4.69) is 0 Å². The van der Waals surface area contributed by atoms with Crippen LogP contribution in [0, 0.1) is 0 Å². The Bertz CT molecular complexity index is 383. The number of ether oxygens (including phenoxy) is 1. The molecule has 1 aliphatic rings. The Labute approximate surface area is 98.6 Å². The molecule has 0 aromatic heterocycles. The first-order chi connectivity index (χ1) is 7.16. The standard InChI is InChI=1S/C11H11Cl2NO/c12-8-4-7(5-9(13)6-8)11(14)10-2-1-3-15-10/h2,4-6,11H,1,3,14H2. The van der Waals surface area contributed by atoms with Crippen molar-refractivity contribution in [2.45, 2.75) is 12.5 Å². The zero-order chi connectivity index (χ0) is 10.8. The molecule has 2 nitrogen and oxygen atoms in total. The van der Waals surface area contributed by atoms with E-state index < -0.39 is 0 Å². The number of rotatable bonds is 2. The van der Waals surface area contributed by atoms with Crippen molar-refractivity contribution < 1.29 is 4.74 Å². The van der Waals surface area contributed by atoms with Crippen molar-refractivity contribution in [2.75, 3.05) is 6.61 Å². The second kappa shape index (κ2) is 4.44. The highest BCUT2D eigenvalue weighted by atomic mass is 35.5. The van der Waals surface area contributed by atoms with Gasteiger partial charge in [-0.25, -0.2) is 0 Å². The smallest absolute Gasteiger partial charge is 0.113 e. The van der Waals surface area contributed by atoms with E-state index in [-0.39, 0.29) is 6.04 Å². The Hall–Kier alpha value is -0.700. The third-order valence-corrected chi connectivity index (χ3v) is 2.72. The fourth-order valence-corrected chi connectivity index (χ4v) is 2.12. The van der Waals surface area contributed by atoms with Gasteiger partial charge in [0, 0.05) is 16.5 Å². The van der Waals surface area contributed by atoms with Crippen molar-refractivity contribution in [1.29, 1.82) is 0 Å². The van der Waals surface area contributed by atoms with Crippen LogP contribution >= 0.6 is 23.2 Å². The van der Waals surface area contributed by atoms with Crippen LogP contribution in [0.25, 0.3) is 0 Å². The van der Waals surface area contributed by atoms with E-state index in [1.165, 1.54) is 0 Å². The van der Waals surface area contributed by atoms with E-state index in [0.717, 1.165) is 17.7 Å². The molecule has 1 aromatic rings. The summed E-state index contributed by atoms with van der Waals surface area (Å²) in [5.74, 6) is 0.799. The molecule has 1 unspecified atom stereocenters. The Morgan fingerprint density at radius 3 is 2.40 bits per heavy atom. The summed E-state index contributed by atoms with van der Waals surface area (Å²) in [6.45, 7) is 0.706. The van der Waals surface area contributed by atoms with Gasteiger partial charge >= 0.3 is 0 Å². The lowest BCUT2D eigenvalue weighted by atomic mass is 10.1. The van der Waals surface area contributed by atoms with Crippen LogP contribution in [-0.4, -0.2) is 6.61 Å². The molecular weight excluding hydrogens is 233 g/mol. The minimum Gasteiger partial charge on any atom is -0.496 e. The molecule has 0 fully saturated rings. The maximum Gasteiger partial charge on any atom is 0.113 e. The molecule has 0 amide bonds. The van der Waals surface area contributed by atoms with Crippen LogP contribution in [0.15, 0.2) is 30.0 Å². The first kappa shape index (κ1) is 10.8. The van der Waals surface area contributed by atoms with Gasteiger partial charge in [-0.3, -0.25) is 0 Å². The van der Waals surface area contributed by atoms with Crippen LogP contribution in [0.1, 0.15) is 18.0 Å². The predicted molar refractivity (Wildman–Crippen MR) is 62.0 cm³/mol. The normalized spacial score (nSPS) is 17.1. The lowest BCUT2D eigenvalue weighted by Gasteiger charge is -2.14. The van der Waals surface area contributed by atoms with Gasteiger partial charge in [-0.05, 0) is 29.8 Å². The molecule has 0 saturated carbocycles. The Kier molecular flexibility index (Phi) is 3.19. The van der Waals surface area contributed by atoms with Gasteiger partial charge in [-0.2, -0.15) is 0 Å². The first-order valence-electron chi connectivity index (χ1n) is 4.71. The third kappa shape index (κ3) is 2.46. The Morgan fingerprint density at radius 1 is 1.20 bits per heavy atom. The second-order valence-electron chi connectivity index (χ2n) is 3.42. The largest absolute Gasteiger partial charge is 0.496 e. The SMILES string of the molecule is NC(C1=CCCO1)c1cc(Cl)cc(Cl)c1. The minimum atomic E-state index is -0.274. The Balaban J connectivity index is 2.28. The highest BCUT2D eigenvalue weighted by molar-refractivity contribution is 6.34. The molecule has 2 rings (SSSR count). The van der Waals surface area contributed by atoms with Crippen molar-refractivity contribution in [2.24, 2.45) is 5.73 Å². The summed E-state index contributed by atoms with van der Waals surface area (Å²) >= 11 is 11.8. The van der Waals surface area contributed by atoms with E-state index in [1.54, 1.807) is 18.2 Å². The molecule has 4 heteroatoms. The lowest BCUT2D eigenvalue weighted by Crippen LogP contribution is -2.13. The zero-order valence-electron chi connectivity index (χ0n) is 8.04. The van der Waals surface area contributed by atoms with Crippen LogP contribution < -0.4 is 5.73 Å². The summed E-state index contributed by atoms with van der Waals surface area (Å²) in [7, 11) is 0. The molecule has 15 heavy (non-hydrogen) atoms. The van der Waals surface area contributed by atoms with Gasteiger partial charge < -0.3 is 10.5 Å². The minimum absolute atomic E-state index is 0.274. The van der Waals surface area contributed by atoms with Crippen LogP contribution in [0.3, 0.4) is 0 Å². The molecule has 0 saturated heterocycles. The molecule has 1 aliphatic heterocycles. The van der Waals surface area contributed by atoms with E-state index in [9.17, 15) is 0 Å². The lowest BCUT2D eigenvalue weighted by molar-refractivity contribution is 0.225. The van der Waals surface area contributed by atoms with E-state index in [1.807, 2.05) is 6.08 Å². The molecular formula is C11H11Cl2NO. The van der Waals surface area contributed by atoms with Crippen molar-refractivity contribution in [3.63, 3.8) is 0 Å². The summed E-state index contributed by atoms with van der Waals surface area (Å²) in [6, 6.07) is 5.02. The molecule has 0 radical (unpaired) electrons. The van der Waals surface area contributed by atoms with Crippen LogP contribution in [0.2, 0.25) is 10.0 Å². The van der Waals surface area contributed by atoms with Gasteiger partial charge in [-0.1, -0.05) is 23.2 Å². The first-order valence-corrected chi connectivity index (χ1v) is 5.47. The average Bonchev–Trinajstić information content (AvgIpc) is 2.67. The maximum atomic E-state index is 6.03. The number of hydrogen-bond acceptors (Lipinski definition) is 2. The van der Waals surface area contributed by atoms with Gasteiger partial charge in [0.05, 0.1) is 12.6 Å². The van der Waals surface area contributed by atoms with E-state index >= 15 is 0 Å². The number of halogens is 2. The van der Waals surface area contributed by atoms with Gasteiger partial charge in [0.2, 0.25) is 0 Å². The van der Waals surface area contributed by atoms with Gasteiger partial charge in [-0.15, -0.1) is 0 Å². The number of benzene rings is 1. The number of hydrogen-bond donors (Lipinski definition) is 1. The van der Waals surface area contributed by atoms with E-state index in [0.29, 0.717) is 16.7 Å². The van der Waals surface area contributed by atoms with Gasteiger partial charge in [0.25, 0.3) is 0 Å². The molecule has 0 bridgehead atoms. The molecule has 0 aliphatic carbocycles. The van der Waals surface area contributed by atoms with Gasteiger partial charge in [0.15, 0.2) is 0 Å². The molecule has 2 N–H and O–H groups in total. The summed E-state index contributed by atoms with van der Waals surface area (Å²) in [5.41, 5.74) is 6.90.